The number of anilines is 1. The van der Waals surface area contributed by atoms with Gasteiger partial charge in [-0.2, -0.15) is 4.98 Å². The highest BCUT2D eigenvalue weighted by Crippen LogP contribution is 2.39. The summed E-state index contributed by atoms with van der Waals surface area (Å²) in [4.78, 5) is 8.93. The van der Waals surface area contributed by atoms with Crippen LogP contribution >= 0.6 is 0 Å². The van der Waals surface area contributed by atoms with E-state index in [2.05, 4.69) is 29.1 Å². The first-order valence-electron chi connectivity index (χ1n) is 5.97. The molecule has 0 atom stereocenters. The van der Waals surface area contributed by atoms with Gasteiger partial charge in [-0.15, -0.1) is 0 Å². The van der Waals surface area contributed by atoms with E-state index < -0.39 is 0 Å². The van der Waals surface area contributed by atoms with E-state index in [4.69, 9.17) is 4.74 Å². The van der Waals surface area contributed by atoms with Gasteiger partial charge >= 0.3 is 0 Å². The van der Waals surface area contributed by atoms with Crippen LogP contribution < -0.4 is 10.1 Å². The predicted octanol–water partition coefficient (Wildman–Crippen LogP) is 2.57. The predicted molar refractivity (Wildman–Crippen MR) is 63.9 cm³/mol. The smallest absolute Gasteiger partial charge is 0.218 e. The van der Waals surface area contributed by atoms with Gasteiger partial charge in [0.2, 0.25) is 5.88 Å². The molecule has 4 heteroatoms. The number of nitrogens with one attached hydrogen (secondary N) is 1. The van der Waals surface area contributed by atoms with Crippen molar-refractivity contribution in [3.8, 4) is 5.88 Å². The molecule has 0 saturated heterocycles. The summed E-state index contributed by atoms with van der Waals surface area (Å²) >= 11 is 0. The van der Waals surface area contributed by atoms with Crippen LogP contribution in [0.4, 0.5) is 5.82 Å². The first kappa shape index (κ1) is 11.2. The molecule has 88 valence electrons. The van der Waals surface area contributed by atoms with Crippen molar-refractivity contribution < 1.29 is 4.74 Å². The van der Waals surface area contributed by atoms with Crippen molar-refractivity contribution in [3.63, 3.8) is 0 Å². The monoisotopic (exact) mass is 221 g/mol. The lowest BCUT2D eigenvalue weighted by atomic mass is 10.3. The second-order valence-electron chi connectivity index (χ2n) is 4.46. The van der Waals surface area contributed by atoms with Crippen molar-refractivity contribution >= 4 is 5.82 Å². The van der Waals surface area contributed by atoms with E-state index in [0.717, 1.165) is 11.6 Å². The molecule has 1 aliphatic carbocycles. The Kier molecular flexibility index (Phi) is 3.27. The number of hydrogen-bond donors (Lipinski definition) is 1. The minimum Gasteiger partial charge on any atom is -0.478 e. The summed E-state index contributed by atoms with van der Waals surface area (Å²) in [5.41, 5.74) is 0. The van der Waals surface area contributed by atoms with Gasteiger partial charge in [0.05, 0.1) is 6.61 Å². The van der Waals surface area contributed by atoms with Crippen molar-refractivity contribution in [1.82, 2.24) is 9.97 Å². The van der Waals surface area contributed by atoms with E-state index >= 15 is 0 Å². The number of hydrogen-bond acceptors (Lipinski definition) is 4. The molecule has 0 unspecified atom stereocenters. The minimum atomic E-state index is 0.372. The summed E-state index contributed by atoms with van der Waals surface area (Å²) < 4.78 is 5.46. The van der Waals surface area contributed by atoms with E-state index in [-0.39, 0.29) is 0 Å². The Balaban J connectivity index is 2.21. The van der Waals surface area contributed by atoms with Gasteiger partial charge in [0, 0.05) is 18.0 Å². The van der Waals surface area contributed by atoms with Crippen molar-refractivity contribution in [2.24, 2.45) is 0 Å². The number of ether oxygens (including phenoxy) is 1. The van der Waals surface area contributed by atoms with Gasteiger partial charge in [-0.3, -0.25) is 0 Å². The highest BCUT2D eigenvalue weighted by molar-refractivity contribution is 5.40. The Hall–Kier alpha value is -1.32. The molecule has 0 amide bonds. The third kappa shape index (κ3) is 2.84. The summed E-state index contributed by atoms with van der Waals surface area (Å²) in [6.07, 6.45) is 2.41. The van der Waals surface area contributed by atoms with Crippen molar-refractivity contribution in [3.05, 3.63) is 11.9 Å². The van der Waals surface area contributed by atoms with Crippen LogP contribution in [0.1, 0.15) is 45.4 Å². The largest absolute Gasteiger partial charge is 0.478 e. The van der Waals surface area contributed by atoms with Crippen LogP contribution in [0.15, 0.2) is 6.07 Å². The Labute approximate surface area is 96.4 Å². The van der Waals surface area contributed by atoms with Crippen LogP contribution in [0.2, 0.25) is 0 Å². The molecule has 1 heterocycles. The van der Waals surface area contributed by atoms with Crippen LogP contribution in [-0.2, 0) is 0 Å². The van der Waals surface area contributed by atoms with Crippen LogP contribution in [0, 0.1) is 0 Å². The van der Waals surface area contributed by atoms with Crippen LogP contribution in [0.25, 0.3) is 0 Å². The summed E-state index contributed by atoms with van der Waals surface area (Å²) in [6.45, 7) is 6.80. The second kappa shape index (κ2) is 4.68. The molecule has 1 fully saturated rings. The zero-order valence-electron chi connectivity index (χ0n) is 10.2. The maximum atomic E-state index is 5.46. The summed E-state index contributed by atoms with van der Waals surface area (Å²) in [7, 11) is 0. The Morgan fingerprint density at radius 1 is 1.44 bits per heavy atom. The van der Waals surface area contributed by atoms with E-state index in [1.165, 1.54) is 12.8 Å². The first-order chi connectivity index (χ1) is 7.69. The lowest BCUT2D eigenvalue weighted by Crippen LogP contribution is -2.12. The lowest BCUT2D eigenvalue weighted by Gasteiger charge is -2.11. The molecule has 1 aromatic rings. The van der Waals surface area contributed by atoms with Gasteiger partial charge in [0.1, 0.15) is 11.6 Å². The minimum absolute atomic E-state index is 0.372. The Morgan fingerprint density at radius 2 is 2.19 bits per heavy atom. The molecule has 0 aromatic carbocycles. The van der Waals surface area contributed by atoms with Crippen molar-refractivity contribution in [2.75, 3.05) is 11.9 Å². The zero-order valence-corrected chi connectivity index (χ0v) is 10.2. The van der Waals surface area contributed by atoms with Crippen LogP contribution in [-0.4, -0.2) is 22.6 Å². The molecular formula is C12H19N3O. The SMILES string of the molecule is CCOc1cc(NC(C)C)nc(C2CC2)n1. The van der Waals surface area contributed by atoms with E-state index in [1.807, 2.05) is 13.0 Å². The van der Waals surface area contributed by atoms with Gasteiger partial charge < -0.3 is 10.1 Å². The first-order valence-corrected chi connectivity index (χ1v) is 5.97. The molecule has 4 nitrogen and oxygen atoms in total. The average molecular weight is 221 g/mol. The normalized spacial score (nSPS) is 15.2. The topological polar surface area (TPSA) is 47.0 Å². The fourth-order valence-corrected chi connectivity index (χ4v) is 1.56. The third-order valence-electron chi connectivity index (χ3n) is 2.39. The van der Waals surface area contributed by atoms with Gasteiger partial charge in [-0.1, -0.05) is 0 Å². The second-order valence-corrected chi connectivity index (χ2v) is 4.46. The van der Waals surface area contributed by atoms with E-state index in [0.29, 0.717) is 24.4 Å². The number of rotatable bonds is 5. The molecule has 0 radical (unpaired) electrons. The molecule has 16 heavy (non-hydrogen) atoms. The fourth-order valence-electron chi connectivity index (χ4n) is 1.56. The Morgan fingerprint density at radius 3 is 2.75 bits per heavy atom. The molecule has 1 N–H and O–H groups in total. The molecule has 1 saturated carbocycles. The van der Waals surface area contributed by atoms with E-state index in [9.17, 15) is 0 Å². The molecule has 1 aliphatic rings. The summed E-state index contributed by atoms with van der Waals surface area (Å²) in [5, 5.41) is 3.30. The highest BCUT2D eigenvalue weighted by Gasteiger charge is 2.27. The van der Waals surface area contributed by atoms with Gasteiger partial charge in [-0.05, 0) is 33.6 Å². The molecule has 0 aliphatic heterocycles. The lowest BCUT2D eigenvalue weighted by molar-refractivity contribution is 0.325. The van der Waals surface area contributed by atoms with Gasteiger partial charge in [0.25, 0.3) is 0 Å². The highest BCUT2D eigenvalue weighted by atomic mass is 16.5. The maximum absolute atomic E-state index is 5.46. The average Bonchev–Trinajstić information content (AvgIpc) is 2.99. The summed E-state index contributed by atoms with van der Waals surface area (Å²) in [6, 6.07) is 2.24. The maximum Gasteiger partial charge on any atom is 0.218 e. The quantitative estimate of drug-likeness (QED) is 0.830. The van der Waals surface area contributed by atoms with Crippen LogP contribution in [0.5, 0.6) is 5.88 Å². The zero-order chi connectivity index (χ0) is 11.5. The molecule has 0 bridgehead atoms. The third-order valence-corrected chi connectivity index (χ3v) is 2.39. The van der Waals surface area contributed by atoms with Gasteiger partial charge in [-0.25, -0.2) is 4.98 Å². The molecular weight excluding hydrogens is 202 g/mol. The van der Waals surface area contributed by atoms with Crippen molar-refractivity contribution in [2.45, 2.75) is 45.6 Å². The van der Waals surface area contributed by atoms with E-state index in [1.54, 1.807) is 0 Å². The van der Waals surface area contributed by atoms with Gasteiger partial charge in [0.15, 0.2) is 0 Å². The standard InChI is InChI=1S/C12H19N3O/c1-4-16-11-7-10(13-8(2)3)14-12(15-11)9-5-6-9/h7-9H,4-6H2,1-3H3,(H,13,14,15). The van der Waals surface area contributed by atoms with Crippen molar-refractivity contribution in [1.29, 1.82) is 0 Å². The Bertz CT molecular complexity index is 361. The number of nitrogens with zero attached hydrogens (tertiary/aromatic N) is 2. The molecule has 2 rings (SSSR count). The molecule has 0 spiro atoms. The number of aromatic nitrogens is 2. The fraction of sp³-hybridized carbons (Fsp3) is 0.667. The molecule has 1 aromatic heterocycles. The summed E-state index contributed by atoms with van der Waals surface area (Å²) in [5.74, 6) is 3.03. The van der Waals surface area contributed by atoms with Crippen LogP contribution in [0.3, 0.4) is 0 Å².